The van der Waals surface area contributed by atoms with Gasteiger partial charge in [-0.15, -0.1) is 0 Å². The molecular formula is C21H22N2O5. The summed E-state index contributed by atoms with van der Waals surface area (Å²) < 4.78 is 5.10. The number of benzene rings is 2. The number of aliphatic carboxylic acids is 1. The van der Waals surface area contributed by atoms with E-state index in [9.17, 15) is 19.5 Å². The Kier molecular flexibility index (Phi) is 5.93. The molecule has 7 nitrogen and oxygen atoms in total. The van der Waals surface area contributed by atoms with Gasteiger partial charge >= 0.3 is 18.0 Å². The van der Waals surface area contributed by atoms with E-state index in [0.29, 0.717) is 0 Å². The summed E-state index contributed by atoms with van der Waals surface area (Å²) in [5, 5.41) is 9.82. The van der Waals surface area contributed by atoms with Crippen molar-refractivity contribution in [1.29, 1.82) is 0 Å². The van der Waals surface area contributed by atoms with E-state index in [0.717, 1.165) is 11.1 Å². The highest BCUT2D eigenvalue weighted by Gasteiger charge is 2.53. The van der Waals surface area contributed by atoms with Gasteiger partial charge in [0, 0.05) is 13.1 Å². The van der Waals surface area contributed by atoms with Crippen LogP contribution in [0.5, 0.6) is 0 Å². The zero-order valence-corrected chi connectivity index (χ0v) is 15.5. The Hall–Kier alpha value is -3.35. The number of carbonyl (C=O) groups excluding carboxylic acids is 2. The second kappa shape index (κ2) is 8.56. The van der Waals surface area contributed by atoms with Gasteiger partial charge in [-0.3, -0.25) is 0 Å². The van der Waals surface area contributed by atoms with Crippen molar-refractivity contribution in [2.24, 2.45) is 0 Å². The summed E-state index contributed by atoms with van der Waals surface area (Å²) in [4.78, 5) is 40.3. The number of ether oxygens (including phenoxy) is 1. The molecule has 0 aliphatic carbocycles. The lowest BCUT2D eigenvalue weighted by molar-refractivity contribution is -0.155. The average molecular weight is 382 g/mol. The van der Waals surface area contributed by atoms with Crippen molar-refractivity contribution in [1.82, 2.24) is 9.80 Å². The standard InChI is InChI=1S/C21H22N2O5/c1-2-28-20(26)18-17(19(24)25)22(13-15-9-5-3-6-10-15)21(27)23(18)14-16-11-7-4-8-12-16/h3-12,17-18H,2,13-14H2,1H3,(H,24,25)/t17-,18+/m0/s1. The first kappa shape index (κ1) is 19.4. The number of carboxylic acid groups (broad SMARTS) is 1. The van der Waals surface area contributed by atoms with Crippen LogP contribution in [0.15, 0.2) is 60.7 Å². The summed E-state index contributed by atoms with van der Waals surface area (Å²) in [6.45, 7) is 1.97. The third-order valence-electron chi connectivity index (χ3n) is 4.63. The number of carbonyl (C=O) groups is 3. The van der Waals surface area contributed by atoms with Gasteiger partial charge < -0.3 is 19.6 Å². The first-order chi connectivity index (χ1) is 13.5. The molecule has 1 aliphatic rings. The average Bonchev–Trinajstić information content (AvgIpc) is 2.96. The maximum absolute atomic E-state index is 13.1. The maximum Gasteiger partial charge on any atom is 0.331 e. The summed E-state index contributed by atoms with van der Waals surface area (Å²) in [6, 6.07) is 15.2. The van der Waals surface area contributed by atoms with Crippen LogP contribution in [-0.4, -0.2) is 51.6 Å². The predicted octanol–water partition coefficient (Wildman–Crippen LogP) is 2.51. The molecule has 0 aromatic heterocycles. The molecule has 1 N–H and O–H groups in total. The van der Waals surface area contributed by atoms with Crippen molar-refractivity contribution in [2.45, 2.75) is 32.1 Å². The Morgan fingerprint density at radius 2 is 1.36 bits per heavy atom. The van der Waals surface area contributed by atoms with Crippen LogP contribution < -0.4 is 0 Å². The van der Waals surface area contributed by atoms with Gasteiger partial charge in [-0.2, -0.15) is 0 Å². The molecule has 0 bridgehead atoms. The molecule has 7 heteroatoms. The molecule has 0 unspecified atom stereocenters. The monoisotopic (exact) mass is 382 g/mol. The predicted molar refractivity (Wildman–Crippen MR) is 101 cm³/mol. The maximum atomic E-state index is 13.1. The fraction of sp³-hybridized carbons (Fsp3) is 0.286. The molecule has 1 aliphatic heterocycles. The lowest BCUT2D eigenvalue weighted by Gasteiger charge is -2.23. The first-order valence-electron chi connectivity index (χ1n) is 9.07. The highest BCUT2D eigenvalue weighted by Crippen LogP contribution is 2.28. The van der Waals surface area contributed by atoms with Crippen molar-refractivity contribution in [3.8, 4) is 0 Å². The number of rotatable bonds is 7. The van der Waals surface area contributed by atoms with Gasteiger partial charge in [-0.05, 0) is 18.1 Å². The zero-order chi connectivity index (χ0) is 20.1. The third kappa shape index (κ3) is 3.98. The molecule has 0 spiro atoms. The SMILES string of the molecule is CCOC(=O)[C@H]1[C@@H](C(=O)O)N(Cc2ccccc2)C(=O)N1Cc1ccccc1. The molecule has 1 fully saturated rings. The van der Waals surface area contributed by atoms with Gasteiger partial charge in [0.15, 0.2) is 12.1 Å². The minimum absolute atomic E-state index is 0.0951. The smallest absolute Gasteiger partial charge is 0.331 e. The van der Waals surface area contributed by atoms with E-state index in [-0.39, 0.29) is 19.7 Å². The molecule has 1 saturated heterocycles. The molecule has 2 aromatic carbocycles. The van der Waals surface area contributed by atoms with Crippen LogP contribution in [0.3, 0.4) is 0 Å². The van der Waals surface area contributed by atoms with Gasteiger partial charge in [0.25, 0.3) is 0 Å². The molecule has 2 aromatic rings. The molecule has 3 rings (SSSR count). The van der Waals surface area contributed by atoms with E-state index in [1.54, 1.807) is 6.92 Å². The molecule has 28 heavy (non-hydrogen) atoms. The van der Waals surface area contributed by atoms with E-state index in [4.69, 9.17) is 4.74 Å². The Morgan fingerprint density at radius 1 is 0.893 bits per heavy atom. The third-order valence-corrected chi connectivity index (χ3v) is 4.63. The van der Waals surface area contributed by atoms with E-state index >= 15 is 0 Å². The Bertz CT molecular complexity index is 840. The van der Waals surface area contributed by atoms with Crippen molar-refractivity contribution >= 4 is 18.0 Å². The van der Waals surface area contributed by atoms with Crippen molar-refractivity contribution in [3.05, 3.63) is 71.8 Å². The minimum Gasteiger partial charge on any atom is -0.480 e. The van der Waals surface area contributed by atoms with Crippen LogP contribution in [0, 0.1) is 0 Å². The highest BCUT2D eigenvalue weighted by molar-refractivity contribution is 5.96. The number of urea groups is 1. The fourth-order valence-electron chi connectivity index (χ4n) is 3.39. The van der Waals surface area contributed by atoms with Gasteiger partial charge in [-0.25, -0.2) is 14.4 Å². The van der Waals surface area contributed by atoms with E-state index in [1.807, 2.05) is 60.7 Å². The van der Waals surface area contributed by atoms with Crippen molar-refractivity contribution < 1.29 is 24.2 Å². The van der Waals surface area contributed by atoms with Crippen LogP contribution in [0.4, 0.5) is 4.79 Å². The Labute approximate surface area is 163 Å². The second-order valence-corrected chi connectivity index (χ2v) is 6.49. The highest BCUT2D eigenvalue weighted by atomic mass is 16.5. The van der Waals surface area contributed by atoms with Crippen LogP contribution in [0.1, 0.15) is 18.1 Å². The van der Waals surface area contributed by atoms with Gasteiger partial charge in [0.2, 0.25) is 0 Å². The molecule has 2 atom stereocenters. The van der Waals surface area contributed by atoms with Crippen molar-refractivity contribution in [3.63, 3.8) is 0 Å². The number of amides is 2. The van der Waals surface area contributed by atoms with Crippen LogP contribution in [-0.2, 0) is 27.4 Å². The van der Waals surface area contributed by atoms with Crippen LogP contribution >= 0.6 is 0 Å². The van der Waals surface area contributed by atoms with Crippen LogP contribution in [0.25, 0.3) is 0 Å². The Balaban J connectivity index is 1.96. The minimum atomic E-state index is -1.32. The van der Waals surface area contributed by atoms with Gasteiger partial charge in [-0.1, -0.05) is 60.7 Å². The van der Waals surface area contributed by atoms with E-state index < -0.39 is 30.1 Å². The molecule has 0 saturated carbocycles. The number of hydrogen-bond acceptors (Lipinski definition) is 4. The van der Waals surface area contributed by atoms with Gasteiger partial charge in [0.05, 0.1) is 6.61 Å². The number of carboxylic acids is 1. The van der Waals surface area contributed by atoms with E-state index in [2.05, 4.69) is 0 Å². The van der Waals surface area contributed by atoms with Gasteiger partial charge in [0.1, 0.15) is 0 Å². The molecular weight excluding hydrogens is 360 g/mol. The summed E-state index contributed by atoms with van der Waals surface area (Å²) in [5.41, 5.74) is 1.59. The summed E-state index contributed by atoms with van der Waals surface area (Å²) in [5.74, 6) is -1.95. The summed E-state index contributed by atoms with van der Waals surface area (Å²) >= 11 is 0. The Morgan fingerprint density at radius 3 is 1.79 bits per heavy atom. The molecule has 2 amide bonds. The lowest BCUT2D eigenvalue weighted by atomic mass is 10.1. The summed E-state index contributed by atoms with van der Waals surface area (Å²) in [7, 11) is 0. The first-order valence-corrected chi connectivity index (χ1v) is 9.07. The number of nitrogens with zero attached hydrogens (tertiary/aromatic N) is 2. The number of esters is 1. The van der Waals surface area contributed by atoms with E-state index in [1.165, 1.54) is 9.80 Å². The van der Waals surface area contributed by atoms with Crippen LogP contribution in [0.2, 0.25) is 0 Å². The lowest BCUT2D eigenvalue weighted by Crippen LogP contribution is -2.48. The zero-order valence-electron chi connectivity index (χ0n) is 15.5. The quantitative estimate of drug-likeness (QED) is 0.744. The second-order valence-electron chi connectivity index (χ2n) is 6.49. The normalized spacial score (nSPS) is 19.0. The number of hydrogen-bond donors (Lipinski definition) is 1. The molecule has 0 radical (unpaired) electrons. The molecule has 146 valence electrons. The summed E-state index contributed by atoms with van der Waals surface area (Å²) in [6.07, 6.45) is 0. The topological polar surface area (TPSA) is 87.1 Å². The largest absolute Gasteiger partial charge is 0.480 e. The van der Waals surface area contributed by atoms with Crippen molar-refractivity contribution in [2.75, 3.05) is 6.61 Å². The molecule has 1 heterocycles. The fourth-order valence-corrected chi connectivity index (χ4v) is 3.39.